The summed E-state index contributed by atoms with van der Waals surface area (Å²) in [6.45, 7) is 6.19. The zero-order valence-corrected chi connectivity index (χ0v) is 15.0. The van der Waals surface area contributed by atoms with E-state index in [0.29, 0.717) is 18.7 Å². The third-order valence-electron chi connectivity index (χ3n) is 4.22. The Morgan fingerprint density at radius 1 is 1.33 bits per heavy atom. The summed E-state index contributed by atoms with van der Waals surface area (Å²) >= 11 is 1.69. The van der Waals surface area contributed by atoms with Gasteiger partial charge in [-0.2, -0.15) is 0 Å². The van der Waals surface area contributed by atoms with Crippen molar-refractivity contribution in [1.82, 2.24) is 10.3 Å². The maximum absolute atomic E-state index is 12.3. The molecule has 1 aromatic carbocycles. The largest absolute Gasteiger partial charge is 0.382 e. The van der Waals surface area contributed by atoms with Crippen molar-refractivity contribution in [2.24, 2.45) is 0 Å². The van der Waals surface area contributed by atoms with E-state index in [9.17, 15) is 4.79 Å². The van der Waals surface area contributed by atoms with Gasteiger partial charge in [0.05, 0.1) is 10.2 Å². The van der Waals surface area contributed by atoms with Crippen LogP contribution in [0.3, 0.4) is 0 Å². The summed E-state index contributed by atoms with van der Waals surface area (Å²) in [5, 5.41) is 4.03. The molecule has 3 rings (SSSR count). The summed E-state index contributed by atoms with van der Waals surface area (Å²) < 4.78 is 6.36. The van der Waals surface area contributed by atoms with Crippen LogP contribution in [0.5, 0.6) is 0 Å². The molecule has 1 fully saturated rings. The quantitative estimate of drug-likeness (QED) is 0.780. The first-order valence-corrected chi connectivity index (χ1v) is 9.61. The second-order valence-electron chi connectivity index (χ2n) is 6.03. The van der Waals surface area contributed by atoms with Gasteiger partial charge < -0.3 is 15.0 Å². The van der Waals surface area contributed by atoms with Crippen LogP contribution in [0, 0.1) is 0 Å². The van der Waals surface area contributed by atoms with Gasteiger partial charge in [-0.3, -0.25) is 4.79 Å². The molecular weight excluding hydrogens is 322 g/mol. The van der Waals surface area contributed by atoms with E-state index in [0.717, 1.165) is 41.5 Å². The molecule has 130 valence electrons. The molecule has 6 heteroatoms. The Morgan fingerprint density at radius 2 is 2.17 bits per heavy atom. The molecule has 0 spiro atoms. The Bertz CT molecular complexity index is 680. The maximum atomic E-state index is 12.3. The monoisotopic (exact) mass is 347 g/mol. The van der Waals surface area contributed by atoms with Crippen molar-refractivity contribution in [1.29, 1.82) is 0 Å². The Labute approximate surface area is 147 Å². The number of fused-ring (bicyclic) bond motifs is 1. The molecule has 1 aliphatic rings. The lowest BCUT2D eigenvalue weighted by Crippen LogP contribution is -2.29. The molecule has 0 saturated carbocycles. The minimum Gasteiger partial charge on any atom is -0.382 e. The summed E-state index contributed by atoms with van der Waals surface area (Å²) in [6.07, 6.45) is 4.63. The highest BCUT2D eigenvalue weighted by Crippen LogP contribution is 2.31. The zero-order chi connectivity index (χ0) is 16.8. The van der Waals surface area contributed by atoms with Crippen molar-refractivity contribution < 1.29 is 9.53 Å². The third-order valence-corrected chi connectivity index (χ3v) is 5.30. The van der Waals surface area contributed by atoms with E-state index in [2.05, 4.69) is 10.2 Å². The average Bonchev–Trinajstić information content (AvgIpc) is 3.05. The van der Waals surface area contributed by atoms with Gasteiger partial charge >= 0.3 is 0 Å². The summed E-state index contributed by atoms with van der Waals surface area (Å²) in [6, 6.07) is 5.77. The molecule has 5 nitrogen and oxygen atoms in total. The Hall–Kier alpha value is -1.66. The first-order valence-electron chi connectivity index (χ1n) is 8.79. The number of piperidine rings is 1. The normalized spacial score (nSPS) is 15.0. The van der Waals surface area contributed by atoms with Crippen LogP contribution in [0.1, 0.15) is 43.0 Å². The molecule has 1 saturated heterocycles. The molecule has 1 aliphatic heterocycles. The molecular formula is C18H25N3O2S. The number of anilines is 1. The zero-order valence-electron chi connectivity index (χ0n) is 14.2. The second-order valence-corrected chi connectivity index (χ2v) is 7.04. The van der Waals surface area contributed by atoms with Crippen LogP contribution in [0.2, 0.25) is 0 Å². The fraction of sp³-hybridized carbons (Fsp3) is 0.556. The van der Waals surface area contributed by atoms with Gasteiger partial charge in [0.15, 0.2) is 5.13 Å². The van der Waals surface area contributed by atoms with E-state index in [1.807, 2.05) is 25.1 Å². The van der Waals surface area contributed by atoms with Crippen LogP contribution < -0.4 is 10.2 Å². The van der Waals surface area contributed by atoms with Crippen LogP contribution in [-0.4, -0.2) is 43.7 Å². The fourth-order valence-electron chi connectivity index (χ4n) is 2.90. The van der Waals surface area contributed by atoms with E-state index in [1.165, 1.54) is 19.3 Å². The average molecular weight is 347 g/mol. The number of amides is 1. The van der Waals surface area contributed by atoms with Crippen molar-refractivity contribution >= 4 is 32.6 Å². The number of benzene rings is 1. The first kappa shape index (κ1) is 17.2. The van der Waals surface area contributed by atoms with Crippen molar-refractivity contribution in [2.75, 3.05) is 37.7 Å². The van der Waals surface area contributed by atoms with Gasteiger partial charge in [0, 0.05) is 38.4 Å². The van der Waals surface area contributed by atoms with Gasteiger partial charge in [-0.1, -0.05) is 11.3 Å². The highest BCUT2D eigenvalue weighted by Gasteiger charge is 2.16. The van der Waals surface area contributed by atoms with Crippen LogP contribution in [0.4, 0.5) is 5.13 Å². The number of thiazole rings is 1. The van der Waals surface area contributed by atoms with Gasteiger partial charge in [0.2, 0.25) is 0 Å². The summed E-state index contributed by atoms with van der Waals surface area (Å²) in [5.41, 5.74) is 1.68. The van der Waals surface area contributed by atoms with Gasteiger partial charge in [0.1, 0.15) is 0 Å². The lowest BCUT2D eigenvalue weighted by molar-refractivity contribution is 0.0944. The maximum Gasteiger partial charge on any atom is 0.251 e. The molecule has 0 atom stereocenters. The van der Waals surface area contributed by atoms with Crippen molar-refractivity contribution in [3.8, 4) is 0 Å². The van der Waals surface area contributed by atoms with Gasteiger partial charge in [-0.25, -0.2) is 4.98 Å². The highest BCUT2D eigenvalue weighted by molar-refractivity contribution is 7.22. The molecule has 2 aromatic rings. The van der Waals surface area contributed by atoms with Crippen LogP contribution >= 0.6 is 11.3 Å². The predicted molar refractivity (Wildman–Crippen MR) is 99.1 cm³/mol. The van der Waals surface area contributed by atoms with Gasteiger partial charge in [-0.05, 0) is 50.8 Å². The van der Waals surface area contributed by atoms with Crippen molar-refractivity contribution in [3.63, 3.8) is 0 Å². The minimum atomic E-state index is -0.0266. The summed E-state index contributed by atoms with van der Waals surface area (Å²) in [4.78, 5) is 19.3. The smallest absolute Gasteiger partial charge is 0.251 e. The van der Waals surface area contributed by atoms with E-state index < -0.39 is 0 Å². The molecule has 1 N–H and O–H groups in total. The first-order chi connectivity index (χ1) is 11.8. The van der Waals surface area contributed by atoms with Crippen LogP contribution in [0.15, 0.2) is 18.2 Å². The Kier molecular flexibility index (Phi) is 6.04. The summed E-state index contributed by atoms with van der Waals surface area (Å²) in [7, 11) is 0. The SMILES string of the molecule is CCOCCCNC(=O)c1ccc2nc(N3CCCCC3)sc2c1. The number of carbonyl (C=O) groups is 1. The molecule has 1 amide bonds. The second kappa shape index (κ2) is 8.44. The minimum absolute atomic E-state index is 0.0266. The highest BCUT2D eigenvalue weighted by atomic mass is 32.1. The fourth-order valence-corrected chi connectivity index (χ4v) is 3.95. The third kappa shape index (κ3) is 4.24. The van der Waals surface area contributed by atoms with E-state index in [-0.39, 0.29) is 5.91 Å². The van der Waals surface area contributed by atoms with Gasteiger partial charge in [-0.15, -0.1) is 0 Å². The summed E-state index contributed by atoms with van der Waals surface area (Å²) in [5.74, 6) is -0.0266. The molecule has 0 radical (unpaired) electrons. The van der Waals surface area contributed by atoms with Crippen molar-refractivity contribution in [2.45, 2.75) is 32.6 Å². The molecule has 24 heavy (non-hydrogen) atoms. The van der Waals surface area contributed by atoms with Crippen LogP contribution in [0.25, 0.3) is 10.2 Å². The molecule has 0 unspecified atom stereocenters. The number of nitrogens with one attached hydrogen (secondary N) is 1. The number of carbonyl (C=O) groups excluding carboxylic acids is 1. The number of hydrogen-bond donors (Lipinski definition) is 1. The Morgan fingerprint density at radius 3 is 2.96 bits per heavy atom. The molecule has 2 heterocycles. The number of hydrogen-bond acceptors (Lipinski definition) is 5. The topological polar surface area (TPSA) is 54.5 Å². The molecule has 0 aliphatic carbocycles. The van der Waals surface area contributed by atoms with E-state index in [1.54, 1.807) is 11.3 Å². The number of rotatable bonds is 7. The number of nitrogens with zero attached hydrogens (tertiary/aromatic N) is 2. The van der Waals surface area contributed by atoms with E-state index in [4.69, 9.17) is 9.72 Å². The molecule has 0 bridgehead atoms. The van der Waals surface area contributed by atoms with Gasteiger partial charge in [0.25, 0.3) is 5.91 Å². The van der Waals surface area contributed by atoms with E-state index >= 15 is 0 Å². The lowest BCUT2D eigenvalue weighted by atomic mass is 10.1. The number of aromatic nitrogens is 1. The number of ether oxygens (including phenoxy) is 1. The predicted octanol–water partition coefficient (Wildman–Crippen LogP) is 3.44. The van der Waals surface area contributed by atoms with Crippen molar-refractivity contribution in [3.05, 3.63) is 23.8 Å². The Balaban J connectivity index is 1.63. The standard InChI is InChI=1S/C18H25N3O2S/c1-2-23-12-6-9-19-17(22)14-7-8-15-16(13-14)24-18(20-15)21-10-4-3-5-11-21/h7-8,13H,2-6,9-12H2,1H3,(H,19,22). The molecule has 1 aromatic heterocycles. The lowest BCUT2D eigenvalue weighted by Gasteiger charge is -2.25. The van der Waals surface area contributed by atoms with Crippen LogP contribution in [-0.2, 0) is 4.74 Å².